The Bertz CT molecular complexity index is 754. The van der Waals surface area contributed by atoms with Gasteiger partial charge >= 0.3 is 0 Å². The number of aromatic nitrogens is 2. The Kier molecular flexibility index (Phi) is 3.94. The fourth-order valence-electron chi connectivity index (χ4n) is 2.84. The predicted octanol–water partition coefficient (Wildman–Crippen LogP) is 2.81. The number of Topliss-reactive ketones (excluding diaryl/α,β-unsaturated/α-hetero) is 1. The third-order valence-corrected chi connectivity index (χ3v) is 3.91. The normalized spacial score (nSPS) is 15.8. The van der Waals surface area contributed by atoms with E-state index >= 15 is 0 Å². The van der Waals surface area contributed by atoms with Crippen LogP contribution in [-0.4, -0.2) is 21.7 Å². The molecular weight excluding hydrogens is 290 g/mol. The number of hydrogen-bond acceptors (Lipinski definition) is 4. The van der Waals surface area contributed by atoms with E-state index in [9.17, 15) is 9.59 Å². The minimum Gasteiger partial charge on any atom is -0.294 e. The van der Waals surface area contributed by atoms with Gasteiger partial charge in [-0.2, -0.15) is 0 Å². The molecule has 1 aliphatic carbocycles. The van der Waals surface area contributed by atoms with E-state index in [1.165, 1.54) is 6.20 Å². The Morgan fingerprint density at radius 1 is 1.22 bits per heavy atom. The highest BCUT2D eigenvalue weighted by Gasteiger charge is 2.32. The van der Waals surface area contributed by atoms with Crippen LogP contribution in [0.15, 0.2) is 36.5 Å². The molecule has 1 aromatic carbocycles. The molecule has 5 heteroatoms. The van der Waals surface area contributed by atoms with Crippen LogP contribution in [-0.2, 0) is 17.6 Å². The summed E-state index contributed by atoms with van der Waals surface area (Å²) < 4.78 is 0. The highest BCUT2D eigenvalue weighted by Crippen LogP contribution is 2.33. The van der Waals surface area contributed by atoms with Crippen molar-refractivity contribution in [2.24, 2.45) is 5.41 Å². The zero-order valence-electron chi connectivity index (χ0n) is 13.3. The van der Waals surface area contributed by atoms with Crippen molar-refractivity contribution >= 4 is 17.6 Å². The molecule has 0 fully saturated rings. The van der Waals surface area contributed by atoms with Crippen molar-refractivity contribution in [1.82, 2.24) is 9.97 Å². The van der Waals surface area contributed by atoms with Gasteiger partial charge in [-0.25, -0.2) is 9.97 Å². The van der Waals surface area contributed by atoms with E-state index in [0.29, 0.717) is 18.4 Å². The Morgan fingerprint density at radius 3 is 2.70 bits per heavy atom. The van der Waals surface area contributed by atoms with Gasteiger partial charge in [0, 0.05) is 12.6 Å². The summed E-state index contributed by atoms with van der Waals surface area (Å²) >= 11 is 0. The first-order valence-electron chi connectivity index (χ1n) is 7.66. The van der Waals surface area contributed by atoms with Crippen LogP contribution in [0.2, 0.25) is 0 Å². The Balaban J connectivity index is 1.75. The highest BCUT2D eigenvalue weighted by atomic mass is 16.1. The maximum atomic E-state index is 12.1. The molecule has 0 bridgehead atoms. The maximum Gasteiger partial charge on any atom is 0.231 e. The Hall–Kier alpha value is -2.56. The lowest BCUT2D eigenvalue weighted by molar-refractivity contribution is -0.115. The van der Waals surface area contributed by atoms with E-state index in [2.05, 4.69) is 15.3 Å². The number of anilines is 1. The zero-order chi connectivity index (χ0) is 16.4. The van der Waals surface area contributed by atoms with Crippen LogP contribution in [0.1, 0.15) is 41.9 Å². The number of benzene rings is 1. The molecule has 0 atom stereocenters. The van der Waals surface area contributed by atoms with Gasteiger partial charge in [0.15, 0.2) is 5.78 Å². The van der Waals surface area contributed by atoms with Gasteiger partial charge in [-0.1, -0.05) is 44.2 Å². The zero-order valence-corrected chi connectivity index (χ0v) is 13.3. The number of nitrogens with zero attached hydrogens (tertiary/aromatic N) is 2. The SMILES string of the molecule is CC1(C)CC(=O)c2cnc(NC(=O)Cc3ccccc3)nc2C1. The minimum atomic E-state index is -0.169. The van der Waals surface area contributed by atoms with E-state index in [1.807, 2.05) is 44.2 Å². The van der Waals surface area contributed by atoms with Crippen LogP contribution < -0.4 is 5.32 Å². The average Bonchev–Trinajstić information content (AvgIpc) is 2.46. The molecule has 1 amide bonds. The largest absolute Gasteiger partial charge is 0.294 e. The van der Waals surface area contributed by atoms with Crippen molar-refractivity contribution in [1.29, 1.82) is 0 Å². The molecule has 0 aliphatic heterocycles. The van der Waals surface area contributed by atoms with E-state index in [0.717, 1.165) is 11.3 Å². The van der Waals surface area contributed by atoms with Gasteiger partial charge in [0.25, 0.3) is 0 Å². The van der Waals surface area contributed by atoms with Crippen LogP contribution in [0.3, 0.4) is 0 Å². The van der Waals surface area contributed by atoms with Crippen molar-refractivity contribution in [3.05, 3.63) is 53.3 Å². The number of ketones is 1. The number of fused-ring (bicyclic) bond motifs is 1. The number of carbonyl (C=O) groups is 2. The summed E-state index contributed by atoms with van der Waals surface area (Å²) in [6, 6.07) is 9.49. The highest BCUT2D eigenvalue weighted by molar-refractivity contribution is 5.98. The fourth-order valence-corrected chi connectivity index (χ4v) is 2.84. The average molecular weight is 309 g/mol. The van der Waals surface area contributed by atoms with Crippen molar-refractivity contribution in [2.75, 3.05) is 5.32 Å². The lowest BCUT2D eigenvalue weighted by Crippen LogP contribution is -2.28. The topological polar surface area (TPSA) is 72.0 Å². The number of carbonyl (C=O) groups excluding carboxylic acids is 2. The predicted molar refractivity (Wildman–Crippen MR) is 87.2 cm³/mol. The number of nitrogens with one attached hydrogen (secondary N) is 1. The first-order valence-corrected chi connectivity index (χ1v) is 7.66. The van der Waals surface area contributed by atoms with Gasteiger partial charge in [-0.05, 0) is 17.4 Å². The molecule has 0 spiro atoms. The van der Waals surface area contributed by atoms with Crippen LogP contribution in [0.25, 0.3) is 0 Å². The molecule has 1 heterocycles. The lowest BCUT2D eigenvalue weighted by Gasteiger charge is -2.29. The summed E-state index contributed by atoms with van der Waals surface area (Å²) in [5.41, 5.74) is 2.12. The molecule has 0 unspecified atom stereocenters. The van der Waals surface area contributed by atoms with Crippen molar-refractivity contribution in [3.63, 3.8) is 0 Å². The van der Waals surface area contributed by atoms with Crippen LogP contribution in [0.5, 0.6) is 0 Å². The number of rotatable bonds is 3. The standard InChI is InChI=1S/C18H19N3O2/c1-18(2)9-14-13(15(22)10-18)11-19-17(20-14)21-16(23)8-12-6-4-3-5-7-12/h3-7,11H,8-10H2,1-2H3,(H,19,20,21,23). The quantitative estimate of drug-likeness (QED) is 0.946. The van der Waals surface area contributed by atoms with Gasteiger partial charge in [0.05, 0.1) is 17.7 Å². The molecule has 0 saturated heterocycles. The van der Waals surface area contributed by atoms with Gasteiger partial charge in [-0.15, -0.1) is 0 Å². The fraction of sp³-hybridized carbons (Fsp3) is 0.333. The van der Waals surface area contributed by atoms with E-state index in [1.54, 1.807) is 0 Å². The summed E-state index contributed by atoms with van der Waals surface area (Å²) in [6.07, 6.45) is 3.00. The first-order chi connectivity index (χ1) is 10.9. The molecule has 1 N–H and O–H groups in total. The molecular formula is C18H19N3O2. The second-order valence-corrected chi connectivity index (χ2v) is 6.71. The molecule has 0 saturated carbocycles. The maximum absolute atomic E-state index is 12.1. The molecule has 23 heavy (non-hydrogen) atoms. The number of amides is 1. The lowest BCUT2D eigenvalue weighted by atomic mass is 9.76. The van der Waals surface area contributed by atoms with Gasteiger partial charge in [0.1, 0.15) is 0 Å². The third-order valence-electron chi connectivity index (χ3n) is 3.91. The Morgan fingerprint density at radius 2 is 1.96 bits per heavy atom. The first kappa shape index (κ1) is 15.3. The van der Waals surface area contributed by atoms with Crippen LogP contribution in [0, 0.1) is 5.41 Å². The summed E-state index contributed by atoms with van der Waals surface area (Å²) in [5.74, 6) is 0.158. The van der Waals surface area contributed by atoms with E-state index in [4.69, 9.17) is 0 Å². The summed E-state index contributed by atoms with van der Waals surface area (Å²) in [7, 11) is 0. The summed E-state index contributed by atoms with van der Waals surface area (Å²) in [4.78, 5) is 32.7. The number of hydrogen-bond donors (Lipinski definition) is 1. The monoisotopic (exact) mass is 309 g/mol. The molecule has 5 nitrogen and oxygen atoms in total. The van der Waals surface area contributed by atoms with Crippen molar-refractivity contribution in [2.45, 2.75) is 33.1 Å². The minimum absolute atomic E-state index is 0.0680. The molecule has 0 radical (unpaired) electrons. The van der Waals surface area contributed by atoms with Gasteiger partial charge in [-0.3, -0.25) is 14.9 Å². The van der Waals surface area contributed by atoms with Crippen molar-refractivity contribution in [3.8, 4) is 0 Å². The second kappa shape index (κ2) is 5.91. The molecule has 2 aromatic rings. The van der Waals surface area contributed by atoms with Gasteiger partial charge in [0.2, 0.25) is 11.9 Å². The molecule has 3 rings (SSSR count). The van der Waals surface area contributed by atoms with Crippen LogP contribution in [0.4, 0.5) is 5.95 Å². The van der Waals surface area contributed by atoms with E-state index < -0.39 is 0 Å². The van der Waals surface area contributed by atoms with Gasteiger partial charge < -0.3 is 0 Å². The summed E-state index contributed by atoms with van der Waals surface area (Å²) in [5, 5.41) is 2.71. The molecule has 1 aliphatic rings. The smallest absolute Gasteiger partial charge is 0.231 e. The molecule has 118 valence electrons. The summed E-state index contributed by atoms with van der Waals surface area (Å²) in [6.45, 7) is 4.09. The van der Waals surface area contributed by atoms with Crippen LogP contribution >= 0.6 is 0 Å². The Labute approximate surface area is 135 Å². The third kappa shape index (κ3) is 3.62. The van der Waals surface area contributed by atoms with E-state index in [-0.39, 0.29) is 29.5 Å². The molecule has 1 aromatic heterocycles. The second-order valence-electron chi connectivity index (χ2n) is 6.71. The van der Waals surface area contributed by atoms with Crippen molar-refractivity contribution < 1.29 is 9.59 Å².